The minimum atomic E-state index is -2.13. The van der Waals surface area contributed by atoms with Crippen LogP contribution in [0.4, 0.5) is 5.69 Å². The monoisotopic (exact) mass is 244 g/mol. The van der Waals surface area contributed by atoms with Gasteiger partial charge in [0.1, 0.15) is 0 Å². The van der Waals surface area contributed by atoms with E-state index in [9.17, 15) is 14.3 Å². The van der Waals surface area contributed by atoms with E-state index in [1.165, 1.54) is 13.1 Å². The van der Waals surface area contributed by atoms with Gasteiger partial charge in [-0.15, -0.1) is 0 Å². The summed E-state index contributed by atoms with van der Waals surface area (Å²) in [4.78, 5) is 10.2. The lowest BCUT2D eigenvalue weighted by Gasteiger charge is -2.11. The molecule has 1 atom stereocenters. The van der Waals surface area contributed by atoms with Gasteiger partial charge in [-0.05, 0) is 13.0 Å². The average Bonchev–Trinajstić information content (AvgIpc) is 2.16. The number of benzene rings is 1. The van der Waals surface area contributed by atoms with Crippen molar-refractivity contribution in [2.75, 3.05) is 7.05 Å². The highest BCUT2D eigenvalue weighted by Crippen LogP contribution is 2.21. The Labute approximate surface area is 95.5 Å². The minimum absolute atomic E-state index is 0.0390. The van der Waals surface area contributed by atoms with E-state index in [1.807, 2.05) is 6.92 Å². The Morgan fingerprint density at radius 2 is 2.19 bits per heavy atom. The molecule has 0 amide bonds. The van der Waals surface area contributed by atoms with Gasteiger partial charge in [-0.2, -0.15) is 4.31 Å². The molecule has 0 heterocycles. The van der Waals surface area contributed by atoms with Crippen LogP contribution in [-0.2, 0) is 17.8 Å². The lowest BCUT2D eigenvalue weighted by molar-refractivity contribution is -0.385. The molecule has 1 N–H and O–H groups in total. The summed E-state index contributed by atoms with van der Waals surface area (Å²) >= 11 is -2.13. The van der Waals surface area contributed by atoms with E-state index in [2.05, 4.69) is 0 Å². The van der Waals surface area contributed by atoms with Crippen LogP contribution in [0.2, 0.25) is 0 Å². The zero-order valence-corrected chi connectivity index (χ0v) is 9.73. The third-order valence-electron chi connectivity index (χ3n) is 2.09. The lowest BCUT2D eigenvalue weighted by atomic mass is 10.1. The van der Waals surface area contributed by atoms with Crippen LogP contribution in [0.3, 0.4) is 0 Å². The molecule has 0 aliphatic carbocycles. The summed E-state index contributed by atoms with van der Waals surface area (Å²) in [7, 11) is 1.42. The fourth-order valence-corrected chi connectivity index (χ4v) is 1.56. The summed E-state index contributed by atoms with van der Waals surface area (Å²) in [6, 6.07) is 4.68. The van der Waals surface area contributed by atoms with E-state index >= 15 is 0 Å². The highest BCUT2D eigenvalue weighted by Gasteiger charge is 2.16. The zero-order valence-electron chi connectivity index (χ0n) is 8.91. The first kappa shape index (κ1) is 12.8. The molecule has 0 radical (unpaired) electrons. The Kier molecular flexibility index (Phi) is 4.11. The van der Waals surface area contributed by atoms with Crippen molar-refractivity contribution in [1.29, 1.82) is 0 Å². The Balaban J connectivity index is 3.05. The van der Waals surface area contributed by atoms with Gasteiger partial charge in [0.25, 0.3) is 5.69 Å². The smallest absolute Gasteiger partial charge is 0.273 e. The second-order valence-corrected chi connectivity index (χ2v) is 4.49. The van der Waals surface area contributed by atoms with E-state index in [0.29, 0.717) is 5.56 Å². The number of nitrogens with zero attached hydrogens (tertiary/aromatic N) is 2. The summed E-state index contributed by atoms with van der Waals surface area (Å²) in [6.07, 6.45) is 0. The largest absolute Gasteiger partial charge is 0.294 e. The number of rotatable bonds is 4. The minimum Gasteiger partial charge on any atom is -0.294 e. The Morgan fingerprint density at radius 3 is 2.69 bits per heavy atom. The van der Waals surface area contributed by atoms with Gasteiger partial charge in [-0.1, -0.05) is 11.6 Å². The molecule has 16 heavy (non-hydrogen) atoms. The van der Waals surface area contributed by atoms with Crippen molar-refractivity contribution >= 4 is 17.0 Å². The molecular weight excluding hydrogens is 232 g/mol. The topological polar surface area (TPSA) is 83.7 Å². The van der Waals surface area contributed by atoms with Gasteiger partial charge in [0.2, 0.25) is 11.3 Å². The van der Waals surface area contributed by atoms with Crippen LogP contribution in [0.1, 0.15) is 11.1 Å². The first-order valence-electron chi connectivity index (χ1n) is 4.48. The molecule has 6 nitrogen and oxygen atoms in total. The van der Waals surface area contributed by atoms with E-state index in [4.69, 9.17) is 4.55 Å². The molecule has 1 unspecified atom stereocenters. The van der Waals surface area contributed by atoms with Gasteiger partial charge in [0, 0.05) is 25.2 Å². The highest BCUT2D eigenvalue weighted by molar-refractivity contribution is 7.76. The zero-order chi connectivity index (χ0) is 12.3. The number of nitro benzene ring substituents is 1. The van der Waals surface area contributed by atoms with Crippen LogP contribution in [0.15, 0.2) is 18.2 Å². The maximum absolute atomic E-state index is 10.7. The van der Waals surface area contributed by atoms with Crippen molar-refractivity contribution in [2.45, 2.75) is 13.5 Å². The van der Waals surface area contributed by atoms with Gasteiger partial charge in [0.15, 0.2) is 0 Å². The van der Waals surface area contributed by atoms with E-state index < -0.39 is 16.2 Å². The van der Waals surface area contributed by atoms with Crippen molar-refractivity contribution in [1.82, 2.24) is 4.31 Å². The molecule has 88 valence electrons. The van der Waals surface area contributed by atoms with Crippen molar-refractivity contribution in [3.05, 3.63) is 39.4 Å². The Morgan fingerprint density at radius 1 is 1.56 bits per heavy atom. The van der Waals surface area contributed by atoms with Crippen LogP contribution in [0.5, 0.6) is 0 Å². The maximum Gasteiger partial charge on any atom is 0.273 e. The fraction of sp³-hybridized carbons (Fsp3) is 0.333. The highest BCUT2D eigenvalue weighted by atomic mass is 32.2. The van der Waals surface area contributed by atoms with Gasteiger partial charge in [0.05, 0.1) is 4.92 Å². The number of aryl methyl sites for hydroxylation is 1. The standard InChI is InChI=1S/C9H12N2O4S/c1-7-3-4-9(11(12)13)8(5-7)6-10(2)16(14)15/h3-5H,6H2,1-2H3,(H,14,15). The second-order valence-electron chi connectivity index (χ2n) is 3.41. The normalized spacial score (nSPS) is 12.8. The van der Waals surface area contributed by atoms with Crippen LogP contribution in [-0.4, -0.2) is 25.0 Å². The predicted octanol–water partition coefficient (Wildman–Crippen LogP) is 1.47. The maximum atomic E-state index is 10.7. The molecule has 1 rings (SSSR count). The molecule has 0 saturated carbocycles. The molecule has 0 bridgehead atoms. The molecule has 0 fully saturated rings. The average molecular weight is 244 g/mol. The predicted molar refractivity (Wildman–Crippen MR) is 60.1 cm³/mol. The third-order valence-corrected chi connectivity index (χ3v) is 2.75. The van der Waals surface area contributed by atoms with E-state index in [-0.39, 0.29) is 12.2 Å². The first-order chi connectivity index (χ1) is 7.41. The molecular formula is C9H12N2O4S. The summed E-state index contributed by atoms with van der Waals surface area (Å²) in [5, 5.41) is 10.7. The van der Waals surface area contributed by atoms with Gasteiger partial charge >= 0.3 is 0 Å². The number of nitro groups is 1. The molecule has 0 aromatic heterocycles. The van der Waals surface area contributed by atoms with Crippen LogP contribution < -0.4 is 0 Å². The van der Waals surface area contributed by atoms with Gasteiger partial charge < -0.3 is 0 Å². The third kappa shape index (κ3) is 3.09. The summed E-state index contributed by atoms with van der Waals surface area (Å²) in [5.74, 6) is 0. The molecule has 0 spiro atoms. The quantitative estimate of drug-likeness (QED) is 0.494. The summed E-state index contributed by atoms with van der Waals surface area (Å²) in [6.45, 7) is 1.87. The van der Waals surface area contributed by atoms with Crippen LogP contribution >= 0.6 is 0 Å². The number of hydrogen-bond acceptors (Lipinski definition) is 3. The summed E-state index contributed by atoms with van der Waals surface area (Å²) < 4.78 is 20.7. The molecule has 1 aromatic carbocycles. The van der Waals surface area contributed by atoms with Gasteiger partial charge in [-0.3, -0.25) is 14.7 Å². The first-order valence-corrected chi connectivity index (χ1v) is 5.54. The number of hydrogen-bond donors (Lipinski definition) is 1. The van der Waals surface area contributed by atoms with Crippen molar-refractivity contribution in [3.63, 3.8) is 0 Å². The second kappa shape index (κ2) is 5.15. The molecule has 0 saturated heterocycles. The fourth-order valence-electron chi connectivity index (χ4n) is 1.31. The molecule has 1 aromatic rings. The van der Waals surface area contributed by atoms with Crippen LogP contribution in [0, 0.1) is 17.0 Å². The van der Waals surface area contributed by atoms with Crippen molar-refractivity contribution in [2.24, 2.45) is 0 Å². The molecule has 0 aliphatic rings. The summed E-state index contributed by atoms with van der Waals surface area (Å²) in [5.41, 5.74) is 1.26. The van der Waals surface area contributed by atoms with Crippen molar-refractivity contribution in [3.8, 4) is 0 Å². The van der Waals surface area contributed by atoms with Crippen LogP contribution in [0.25, 0.3) is 0 Å². The lowest BCUT2D eigenvalue weighted by Crippen LogP contribution is -2.20. The SMILES string of the molecule is Cc1ccc([N+](=O)[O-])c(CN(C)S(=O)O)c1. The van der Waals surface area contributed by atoms with Gasteiger partial charge in [-0.25, -0.2) is 4.21 Å². The van der Waals surface area contributed by atoms with E-state index in [0.717, 1.165) is 9.87 Å². The molecule has 0 aliphatic heterocycles. The Hall–Kier alpha value is -1.31. The van der Waals surface area contributed by atoms with E-state index in [1.54, 1.807) is 12.1 Å². The molecule has 7 heteroatoms. The van der Waals surface area contributed by atoms with Crippen molar-refractivity contribution < 1.29 is 13.7 Å². The Bertz CT molecular complexity index is 436.